The van der Waals surface area contributed by atoms with Gasteiger partial charge in [-0.05, 0) is 0 Å². The highest BCUT2D eigenvalue weighted by Gasteiger charge is 1.75. The molecule has 0 unspecified atom stereocenters. The second-order valence-electron chi connectivity index (χ2n) is 1.50. The third-order valence-electron chi connectivity index (χ3n) is 0.640. The molecule has 0 aliphatic carbocycles. The van der Waals surface area contributed by atoms with Gasteiger partial charge in [-0.15, -0.1) is 0 Å². The number of alkyl halides is 1. The van der Waals surface area contributed by atoms with E-state index < -0.39 is 0 Å². The molecule has 0 saturated carbocycles. The Hall–Kier alpha value is 0.480. The van der Waals surface area contributed by atoms with E-state index in [1.165, 1.54) is 0 Å². The van der Waals surface area contributed by atoms with Crippen molar-refractivity contribution in [2.24, 2.45) is 0 Å². The number of aliphatic hydroxyl groups is 2. The summed E-state index contributed by atoms with van der Waals surface area (Å²) < 4.78 is 9.09. The molecule has 0 amide bonds. The molecule has 0 aliphatic heterocycles. The number of thiol groups is 1. The molecule has 0 radical (unpaired) electrons. The van der Waals surface area contributed by atoms with E-state index in [1.54, 1.807) is 0 Å². The second-order valence-corrected chi connectivity index (χ2v) is 1.98. The van der Waals surface area contributed by atoms with Gasteiger partial charge in [0.2, 0.25) is 0 Å². The third kappa shape index (κ3) is 22.4. The van der Waals surface area contributed by atoms with Gasteiger partial charge in [-0.1, -0.05) is 11.6 Å². The third-order valence-corrected chi connectivity index (χ3v) is 0.977. The highest BCUT2D eigenvalue weighted by atomic mass is 35.5. The second kappa shape index (κ2) is 17.5. The van der Waals surface area contributed by atoms with Crippen LogP contribution < -0.4 is 0 Å². The SMILES string of the molecule is OCCOCCl.OCCOCS. The summed E-state index contributed by atoms with van der Waals surface area (Å²) in [6.45, 7) is 0.861. The fourth-order valence-electron chi connectivity index (χ4n) is 0.248. The highest BCUT2D eigenvalue weighted by Crippen LogP contribution is 1.74. The van der Waals surface area contributed by atoms with Crippen molar-refractivity contribution < 1.29 is 19.7 Å². The van der Waals surface area contributed by atoms with Crippen LogP contribution in [0.2, 0.25) is 0 Å². The number of aliphatic hydroxyl groups excluding tert-OH is 2. The molecular weight excluding hydrogens is 204 g/mol. The Balaban J connectivity index is 0. The van der Waals surface area contributed by atoms with Crippen LogP contribution in [-0.2, 0) is 9.47 Å². The van der Waals surface area contributed by atoms with E-state index in [0.717, 1.165) is 0 Å². The molecule has 6 heteroatoms. The number of hydrogen-bond acceptors (Lipinski definition) is 5. The zero-order chi connectivity index (χ0) is 9.66. The van der Waals surface area contributed by atoms with Crippen LogP contribution in [0.4, 0.5) is 0 Å². The summed E-state index contributed by atoms with van der Waals surface area (Å²) in [7, 11) is 0. The molecule has 2 N–H and O–H groups in total. The van der Waals surface area contributed by atoms with Gasteiger partial charge < -0.3 is 19.7 Å². The van der Waals surface area contributed by atoms with E-state index in [1.807, 2.05) is 0 Å². The number of ether oxygens (including phenoxy) is 2. The predicted molar refractivity (Wildman–Crippen MR) is 50.6 cm³/mol. The van der Waals surface area contributed by atoms with Crippen LogP contribution in [0.15, 0.2) is 0 Å². The Labute approximate surface area is 82.8 Å². The quantitative estimate of drug-likeness (QED) is 0.256. The topological polar surface area (TPSA) is 58.9 Å². The van der Waals surface area contributed by atoms with Crippen LogP contribution >= 0.6 is 24.2 Å². The van der Waals surface area contributed by atoms with Crippen LogP contribution in [-0.4, -0.2) is 48.6 Å². The van der Waals surface area contributed by atoms with Crippen LogP contribution in [0, 0.1) is 0 Å². The molecule has 76 valence electrons. The number of rotatable bonds is 6. The lowest BCUT2D eigenvalue weighted by Crippen LogP contribution is -1.95. The first-order valence-electron chi connectivity index (χ1n) is 3.37. The first kappa shape index (κ1) is 15.0. The summed E-state index contributed by atoms with van der Waals surface area (Å²) in [5.74, 6) is 0.389. The van der Waals surface area contributed by atoms with Gasteiger partial charge in [0.1, 0.15) is 6.07 Å². The summed E-state index contributed by atoms with van der Waals surface area (Å²) in [5.41, 5.74) is 0. The molecule has 0 aromatic rings. The Morgan fingerprint density at radius 2 is 1.58 bits per heavy atom. The van der Waals surface area contributed by atoms with Gasteiger partial charge in [0.05, 0.1) is 32.4 Å². The maximum atomic E-state index is 8.04. The fourth-order valence-corrected chi connectivity index (χ4v) is 0.486. The Kier molecular flexibility index (Phi) is 21.9. The maximum absolute atomic E-state index is 8.04. The number of halogens is 1. The molecule has 0 rings (SSSR count). The van der Waals surface area contributed by atoms with E-state index in [4.69, 9.17) is 21.8 Å². The lowest BCUT2D eigenvalue weighted by Gasteiger charge is -1.90. The first-order valence-corrected chi connectivity index (χ1v) is 4.54. The van der Waals surface area contributed by atoms with E-state index in [2.05, 4.69) is 22.1 Å². The Bertz CT molecular complexity index is 51.5. The van der Waals surface area contributed by atoms with Crippen molar-refractivity contribution in [3.63, 3.8) is 0 Å². The minimum Gasteiger partial charge on any atom is -0.394 e. The highest BCUT2D eigenvalue weighted by molar-refractivity contribution is 7.80. The normalized spacial score (nSPS) is 9.00. The minimum atomic E-state index is 0.0483. The van der Waals surface area contributed by atoms with Crippen LogP contribution in [0.1, 0.15) is 0 Å². The lowest BCUT2D eigenvalue weighted by atomic mass is 10.8. The van der Waals surface area contributed by atoms with Gasteiger partial charge >= 0.3 is 0 Å². The van der Waals surface area contributed by atoms with Gasteiger partial charge in [0, 0.05) is 0 Å². The molecular formula is C6H15ClO4S. The average Bonchev–Trinajstić information content (AvgIpc) is 2.12. The van der Waals surface area contributed by atoms with E-state index in [0.29, 0.717) is 19.2 Å². The largest absolute Gasteiger partial charge is 0.394 e. The van der Waals surface area contributed by atoms with Gasteiger partial charge in [0.15, 0.2) is 0 Å². The molecule has 0 saturated heterocycles. The first-order chi connectivity index (χ1) is 5.83. The van der Waals surface area contributed by atoms with Gasteiger partial charge in [-0.25, -0.2) is 0 Å². The van der Waals surface area contributed by atoms with Crippen molar-refractivity contribution in [2.75, 3.05) is 38.4 Å². The van der Waals surface area contributed by atoms with E-state index >= 15 is 0 Å². The molecule has 0 atom stereocenters. The monoisotopic (exact) mass is 218 g/mol. The molecule has 0 fully saturated rings. The number of hydrogen-bond donors (Lipinski definition) is 3. The molecule has 0 bridgehead atoms. The smallest absolute Gasteiger partial charge is 0.120 e. The summed E-state index contributed by atoms with van der Waals surface area (Å²) in [6, 6.07) is 0.167. The van der Waals surface area contributed by atoms with E-state index in [-0.39, 0.29) is 19.3 Å². The van der Waals surface area contributed by atoms with E-state index in [9.17, 15) is 0 Å². The maximum Gasteiger partial charge on any atom is 0.120 e. The molecule has 0 aromatic heterocycles. The van der Waals surface area contributed by atoms with Gasteiger partial charge in [-0.2, -0.15) is 12.6 Å². The van der Waals surface area contributed by atoms with Gasteiger partial charge in [-0.3, -0.25) is 0 Å². The fraction of sp³-hybridized carbons (Fsp3) is 1.00. The van der Waals surface area contributed by atoms with Crippen molar-refractivity contribution in [1.29, 1.82) is 0 Å². The average molecular weight is 219 g/mol. The van der Waals surface area contributed by atoms with Crippen molar-refractivity contribution >= 4 is 24.2 Å². The van der Waals surface area contributed by atoms with Crippen molar-refractivity contribution in [3.05, 3.63) is 0 Å². The Morgan fingerprint density at radius 3 is 1.75 bits per heavy atom. The zero-order valence-corrected chi connectivity index (χ0v) is 8.43. The standard InChI is InChI=1S/C3H7ClO2.C3H8O2S/c4-3-6-2-1-5;4-1-2-5-3-6/h5H,1-3H2;4,6H,1-3H2. The van der Waals surface area contributed by atoms with Crippen LogP contribution in [0.25, 0.3) is 0 Å². The van der Waals surface area contributed by atoms with Crippen molar-refractivity contribution in [2.45, 2.75) is 0 Å². The molecule has 0 spiro atoms. The molecule has 0 heterocycles. The summed E-state index contributed by atoms with van der Waals surface area (Å²) >= 11 is 8.77. The van der Waals surface area contributed by atoms with Gasteiger partial charge in [0.25, 0.3) is 0 Å². The summed E-state index contributed by atoms with van der Waals surface area (Å²) in [4.78, 5) is 0. The Morgan fingerprint density at radius 1 is 1.08 bits per heavy atom. The molecule has 0 aliphatic rings. The minimum absolute atomic E-state index is 0.0483. The van der Waals surface area contributed by atoms with Crippen LogP contribution in [0.3, 0.4) is 0 Å². The summed E-state index contributed by atoms with van der Waals surface area (Å²) in [6.07, 6.45) is 0. The zero-order valence-electron chi connectivity index (χ0n) is 6.78. The lowest BCUT2D eigenvalue weighted by molar-refractivity contribution is 0.123. The molecule has 12 heavy (non-hydrogen) atoms. The van der Waals surface area contributed by atoms with Crippen LogP contribution in [0.5, 0.6) is 0 Å². The van der Waals surface area contributed by atoms with Crippen molar-refractivity contribution in [1.82, 2.24) is 0 Å². The molecule has 4 nitrogen and oxygen atoms in total. The van der Waals surface area contributed by atoms with Crippen molar-refractivity contribution in [3.8, 4) is 0 Å². The summed E-state index contributed by atoms with van der Waals surface area (Å²) in [5, 5.41) is 16.1. The molecule has 0 aromatic carbocycles. The predicted octanol–water partition coefficient (Wildman–Crippen LogP) is 0.0742.